The van der Waals surface area contributed by atoms with Crippen LogP contribution in [-0.2, 0) is 0 Å². The van der Waals surface area contributed by atoms with E-state index in [0.29, 0.717) is 0 Å². The Bertz CT molecular complexity index is 768. The van der Waals surface area contributed by atoms with Crippen molar-refractivity contribution in [1.29, 1.82) is 0 Å². The zero-order chi connectivity index (χ0) is 18.8. The lowest BCUT2D eigenvalue weighted by atomic mass is 10.0. The lowest BCUT2D eigenvalue weighted by Gasteiger charge is -2.34. The van der Waals surface area contributed by atoms with Crippen LogP contribution >= 0.6 is 0 Å². The molecule has 1 aromatic heterocycles. The van der Waals surface area contributed by atoms with Crippen LogP contribution in [0.25, 0.3) is 5.69 Å². The maximum absolute atomic E-state index is 13.3. The Hall–Kier alpha value is -2.14. The minimum Gasteiger partial charge on any atom is -0.336 e. The first-order valence-corrected chi connectivity index (χ1v) is 9.60. The van der Waals surface area contributed by atoms with Gasteiger partial charge in [0.25, 0.3) is 5.91 Å². The molecule has 1 aromatic carbocycles. The molecule has 2 heterocycles. The van der Waals surface area contributed by atoms with Crippen LogP contribution in [0, 0.1) is 13.8 Å². The third-order valence-corrected chi connectivity index (χ3v) is 5.24. The van der Waals surface area contributed by atoms with Crippen molar-refractivity contribution in [3.8, 4) is 5.69 Å². The smallest absolute Gasteiger partial charge is 0.257 e. The van der Waals surface area contributed by atoms with E-state index in [1.165, 1.54) is 5.56 Å². The molecule has 0 spiro atoms. The van der Waals surface area contributed by atoms with Crippen LogP contribution in [-0.4, -0.2) is 58.2 Å². The molecule has 0 radical (unpaired) electrons. The summed E-state index contributed by atoms with van der Waals surface area (Å²) in [5, 5.41) is 4.74. The Balaban J connectivity index is 1.97. The quantitative estimate of drug-likeness (QED) is 0.845. The Kier molecular flexibility index (Phi) is 5.47. The summed E-state index contributed by atoms with van der Waals surface area (Å²) in [5.41, 5.74) is 4.84. The summed E-state index contributed by atoms with van der Waals surface area (Å²) in [6, 6.07) is 8.31. The minimum absolute atomic E-state index is 0.125. The van der Waals surface area contributed by atoms with Gasteiger partial charge in [-0.3, -0.25) is 4.79 Å². The summed E-state index contributed by atoms with van der Waals surface area (Å²) in [4.78, 5) is 17.7. The molecule has 26 heavy (non-hydrogen) atoms. The molecule has 2 aromatic rings. The highest BCUT2D eigenvalue weighted by molar-refractivity contribution is 5.97. The standard InChI is InChI=1S/C21H30N4O/c1-6-23-11-13-24(14-12-23)21(26)19-17(5)22-25(20(19)15(2)3)18-9-7-16(4)8-10-18/h7-10,15H,6,11-14H2,1-5H3. The molecule has 1 aliphatic heterocycles. The first kappa shape index (κ1) is 18.6. The highest BCUT2D eigenvalue weighted by Gasteiger charge is 2.29. The number of piperazine rings is 1. The molecule has 1 aliphatic rings. The predicted molar refractivity (Wildman–Crippen MR) is 105 cm³/mol. The second kappa shape index (κ2) is 7.62. The van der Waals surface area contributed by atoms with Crippen LogP contribution in [0.2, 0.25) is 0 Å². The van der Waals surface area contributed by atoms with E-state index in [-0.39, 0.29) is 11.8 Å². The number of rotatable bonds is 4. The van der Waals surface area contributed by atoms with E-state index in [2.05, 4.69) is 56.9 Å². The SMILES string of the molecule is CCN1CCN(C(=O)c2c(C)nn(-c3ccc(C)cc3)c2C(C)C)CC1. The maximum Gasteiger partial charge on any atom is 0.257 e. The van der Waals surface area contributed by atoms with Gasteiger partial charge in [0.1, 0.15) is 0 Å². The first-order valence-electron chi connectivity index (χ1n) is 9.60. The van der Waals surface area contributed by atoms with Crippen molar-refractivity contribution in [3.05, 3.63) is 46.8 Å². The third kappa shape index (κ3) is 3.54. The van der Waals surface area contributed by atoms with Gasteiger partial charge in [-0.25, -0.2) is 4.68 Å². The van der Waals surface area contributed by atoms with Gasteiger partial charge in [-0.2, -0.15) is 5.10 Å². The molecular formula is C21H30N4O. The molecule has 1 saturated heterocycles. The van der Waals surface area contributed by atoms with Gasteiger partial charge in [-0.1, -0.05) is 38.5 Å². The van der Waals surface area contributed by atoms with Gasteiger partial charge in [0.05, 0.1) is 22.6 Å². The Morgan fingerprint density at radius 1 is 1.08 bits per heavy atom. The van der Waals surface area contributed by atoms with E-state index < -0.39 is 0 Å². The van der Waals surface area contributed by atoms with Crippen molar-refractivity contribution in [3.63, 3.8) is 0 Å². The molecule has 0 aliphatic carbocycles. The molecule has 1 amide bonds. The van der Waals surface area contributed by atoms with Gasteiger partial charge in [0.15, 0.2) is 0 Å². The molecular weight excluding hydrogens is 324 g/mol. The van der Waals surface area contributed by atoms with Gasteiger partial charge < -0.3 is 9.80 Å². The van der Waals surface area contributed by atoms with E-state index in [4.69, 9.17) is 5.10 Å². The van der Waals surface area contributed by atoms with Gasteiger partial charge in [0.2, 0.25) is 0 Å². The Morgan fingerprint density at radius 3 is 2.23 bits per heavy atom. The van der Waals surface area contributed by atoms with E-state index in [0.717, 1.165) is 55.4 Å². The molecule has 5 heteroatoms. The summed E-state index contributed by atoms with van der Waals surface area (Å²) in [7, 11) is 0. The number of hydrogen-bond donors (Lipinski definition) is 0. The summed E-state index contributed by atoms with van der Waals surface area (Å²) in [6.45, 7) is 15.0. The number of aromatic nitrogens is 2. The van der Waals surface area contributed by atoms with E-state index in [1.54, 1.807) is 0 Å². The normalized spacial score (nSPS) is 15.7. The molecule has 5 nitrogen and oxygen atoms in total. The number of carbonyl (C=O) groups is 1. The topological polar surface area (TPSA) is 41.4 Å². The molecule has 3 rings (SSSR count). The summed E-state index contributed by atoms with van der Waals surface area (Å²) < 4.78 is 1.95. The van der Waals surface area contributed by atoms with Crippen LogP contribution in [0.1, 0.15) is 54.0 Å². The highest BCUT2D eigenvalue weighted by atomic mass is 16.2. The molecule has 140 valence electrons. The first-order chi connectivity index (χ1) is 12.4. The second-order valence-electron chi connectivity index (χ2n) is 7.47. The maximum atomic E-state index is 13.3. The molecule has 0 atom stereocenters. The van der Waals surface area contributed by atoms with Crippen molar-refractivity contribution >= 4 is 5.91 Å². The van der Waals surface area contributed by atoms with Crippen LogP contribution in [0.15, 0.2) is 24.3 Å². The molecule has 0 unspecified atom stereocenters. The highest BCUT2D eigenvalue weighted by Crippen LogP contribution is 2.27. The predicted octanol–water partition coefficient (Wildman–Crippen LogP) is 3.39. The van der Waals surface area contributed by atoms with Crippen LogP contribution in [0.5, 0.6) is 0 Å². The van der Waals surface area contributed by atoms with E-state index >= 15 is 0 Å². The Labute approximate surface area is 156 Å². The number of carbonyl (C=O) groups excluding carboxylic acids is 1. The third-order valence-electron chi connectivity index (χ3n) is 5.24. The molecule has 0 saturated carbocycles. The van der Waals surface area contributed by atoms with Crippen molar-refractivity contribution in [2.75, 3.05) is 32.7 Å². The van der Waals surface area contributed by atoms with Gasteiger partial charge in [-0.15, -0.1) is 0 Å². The Morgan fingerprint density at radius 2 is 1.69 bits per heavy atom. The lowest BCUT2D eigenvalue weighted by molar-refractivity contribution is 0.0641. The van der Waals surface area contributed by atoms with Crippen molar-refractivity contribution < 1.29 is 4.79 Å². The zero-order valence-electron chi connectivity index (χ0n) is 16.6. The summed E-state index contributed by atoms with van der Waals surface area (Å²) in [6.07, 6.45) is 0. The lowest BCUT2D eigenvalue weighted by Crippen LogP contribution is -2.48. The fourth-order valence-corrected chi connectivity index (χ4v) is 3.65. The largest absolute Gasteiger partial charge is 0.336 e. The fraction of sp³-hybridized carbons (Fsp3) is 0.524. The number of likely N-dealkylation sites (N-methyl/N-ethyl adjacent to an activating group) is 1. The summed E-state index contributed by atoms with van der Waals surface area (Å²) >= 11 is 0. The van der Waals surface area contributed by atoms with Crippen LogP contribution in [0.4, 0.5) is 0 Å². The minimum atomic E-state index is 0.125. The number of benzene rings is 1. The van der Waals surface area contributed by atoms with Crippen LogP contribution < -0.4 is 0 Å². The average Bonchev–Trinajstić information content (AvgIpc) is 2.99. The van der Waals surface area contributed by atoms with Crippen LogP contribution in [0.3, 0.4) is 0 Å². The number of amides is 1. The second-order valence-corrected chi connectivity index (χ2v) is 7.47. The monoisotopic (exact) mass is 354 g/mol. The van der Waals surface area contributed by atoms with Crippen molar-refractivity contribution in [2.24, 2.45) is 0 Å². The number of aryl methyl sites for hydroxylation is 2. The zero-order valence-corrected chi connectivity index (χ0v) is 16.6. The van der Waals surface area contributed by atoms with E-state index in [9.17, 15) is 4.79 Å². The van der Waals surface area contributed by atoms with E-state index in [1.807, 2.05) is 16.5 Å². The fourth-order valence-electron chi connectivity index (χ4n) is 3.65. The number of hydrogen-bond acceptors (Lipinski definition) is 3. The summed E-state index contributed by atoms with van der Waals surface area (Å²) in [5.74, 6) is 0.341. The van der Waals surface area contributed by atoms with Crippen molar-refractivity contribution in [2.45, 2.75) is 40.5 Å². The molecule has 0 bridgehead atoms. The average molecular weight is 354 g/mol. The van der Waals surface area contributed by atoms with Gasteiger partial charge in [0, 0.05) is 26.2 Å². The van der Waals surface area contributed by atoms with Crippen molar-refractivity contribution in [1.82, 2.24) is 19.6 Å². The van der Waals surface area contributed by atoms with Gasteiger partial charge >= 0.3 is 0 Å². The molecule has 1 fully saturated rings. The molecule has 0 N–H and O–H groups in total. The number of nitrogens with zero attached hydrogens (tertiary/aromatic N) is 4. The van der Waals surface area contributed by atoms with Gasteiger partial charge in [-0.05, 0) is 38.4 Å².